The highest BCUT2D eigenvalue weighted by atomic mass is 16.1. The van der Waals surface area contributed by atoms with Gasteiger partial charge in [-0.25, -0.2) is 0 Å². The van der Waals surface area contributed by atoms with Gasteiger partial charge >= 0.3 is 0 Å². The first-order valence-corrected chi connectivity index (χ1v) is 3.77. The van der Waals surface area contributed by atoms with Gasteiger partial charge in [-0.3, -0.25) is 4.79 Å². The van der Waals surface area contributed by atoms with Crippen LogP contribution in [0.2, 0.25) is 0 Å². The summed E-state index contributed by atoms with van der Waals surface area (Å²) in [4.78, 5) is 10.7. The van der Waals surface area contributed by atoms with Crippen LogP contribution in [-0.4, -0.2) is 5.78 Å². The minimum Gasteiger partial charge on any atom is -0.299 e. The topological polar surface area (TPSA) is 17.1 Å². The number of ketones is 1. The summed E-state index contributed by atoms with van der Waals surface area (Å²) >= 11 is 0. The van der Waals surface area contributed by atoms with Crippen LogP contribution < -0.4 is 0 Å². The van der Waals surface area contributed by atoms with Gasteiger partial charge in [-0.1, -0.05) is 43.9 Å². The van der Waals surface area contributed by atoms with Crippen LogP contribution in [0.5, 0.6) is 0 Å². The van der Waals surface area contributed by atoms with Gasteiger partial charge in [0.05, 0.1) is 0 Å². The van der Waals surface area contributed by atoms with Crippen molar-refractivity contribution in [3.8, 4) is 0 Å². The summed E-state index contributed by atoms with van der Waals surface area (Å²) in [5, 5.41) is 0. The standard InChI is InChI=1S/C10H14O/c1-3-5-6-7-8-9-10(11)4-2/h3,5-8H,1,4,9H2,2H3. The van der Waals surface area contributed by atoms with E-state index in [0.29, 0.717) is 12.8 Å². The molecule has 0 aromatic rings. The van der Waals surface area contributed by atoms with E-state index in [-0.39, 0.29) is 5.78 Å². The van der Waals surface area contributed by atoms with Crippen molar-refractivity contribution < 1.29 is 4.79 Å². The summed E-state index contributed by atoms with van der Waals surface area (Å²) in [7, 11) is 0. The second kappa shape index (κ2) is 7.00. The van der Waals surface area contributed by atoms with Gasteiger partial charge in [0.2, 0.25) is 0 Å². The molecule has 0 bridgehead atoms. The molecule has 0 rings (SSSR count). The van der Waals surface area contributed by atoms with E-state index in [4.69, 9.17) is 0 Å². The summed E-state index contributed by atoms with van der Waals surface area (Å²) in [5.74, 6) is 0.272. The van der Waals surface area contributed by atoms with Crippen LogP contribution in [0, 0.1) is 0 Å². The molecular weight excluding hydrogens is 136 g/mol. The van der Waals surface area contributed by atoms with Crippen molar-refractivity contribution in [1.29, 1.82) is 0 Å². The van der Waals surface area contributed by atoms with Crippen molar-refractivity contribution in [3.05, 3.63) is 37.0 Å². The fourth-order valence-electron chi connectivity index (χ4n) is 0.565. The summed E-state index contributed by atoms with van der Waals surface area (Å²) in [6.45, 7) is 5.39. The maximum Gasteiger partial charge on any atom is 0.136 e. The molecule has 0 aromatic heterocycles. The zero-order chi connectivity index (χ0) is 8.53. The highest BCUT2D eigenvalue weighted by molar-refractivity contribution is 5.79. The Balaban J connectivity index is 3.52. The van der Waals surface area contributed by atoms with Gasteiger partial charge < -0.3 is 0 Å². The van der Waals surface area contributed by atoms with Gasteiger partial charge in [-0.15, -0.1) is 0 Å². The molecule has 0 aliphatic heterocycles. The van der Waals surface area contributed by atoms with E-state index in [1.165, 1.54) is 0 Å². The normalized spacial score (nSPS) is 11.0. The number of hydrogen-bond donors (Lipinski definition) is 0. The molecule has 0 N–H and O–H groups in total. The summed E-state index contributed by atoms with van der Waals surface area (Å²) in [6, 6.07) is 0. The van der Waals surface area contributed by atoms with E-state index in [0.717, 1.165) is 0 Å². The smallest absolute Gasteiger partial charge is 0.136 e. The van der Waals surface area contributed by atoms with Crippen molar-refractivity contribution in [2.75, 3.05) is 0 Å². The third-order valence-electron chi connectivity index (χ3n) is 1.23. The highest BCUT2D eigenvalue weighted by Crippen LogP contribution is 1.90. The van der Waals surface area contributed by atoms with Crippen molar-refractivity contribution in [2.45, 2.75) is 19.8 Å². The summed E-state index contributed by atoms with van der Waals surface area (Å²) in [5.41, 5.74) is 0. The Morgan fingerprint density at radius 2 is 2.09 bits per heavy atom. The van der Waals surface area contributed by atoms with E-state index in [1.807, 2.05) is 31.2 Å². The zero-order valence-corrected chi connectivity index (χ0v) is 6.92. The minimum atomic E-state index is 0.272. The maximum absolute atomic E-state index is 10.7. The molecule has 0 fully saturated rings. The van der Waals surface area contributed by atoms with E-state index in [1.54, 1.807) is 6.08 Å². The fourth-order valence-corrected chi connectivity index (χ4v) is 0.565. The molecule has 0 saturated heterocycles. The fraction of sp³-hybridized carbons (Fsp3) is 0.300. The quantitative estimate of drug-likeness (QED) is 0.551. The lowest BCUT2D eigenvalue weighted by Gasteiger charge is -1.85. The molecule has 0 aromatic carbocycles. The molecule has 60 valence electrons. The Hall–Kier alpha value is -1.11. The molecule has 0 heterocycles. The minimum absolute atomic E-state index is 0.272. The van der Waals surface area contributed by atoms with Gasteiger partial charge in [0.15, 0.2) is 0 Å². The molecule has 11 heavy (non-hydrogen) atoms. The number of rotatable bonds is 5. The Kier molecular flexibility index (Phi) is 6.30. The molecule has 1 heteroatoms. The average molecular weight is 150 g/mol. The van der Waals surface area contributed by atoms with Crippen LogP contribution in [0.15, 0.2) is 37.0 Å². The first kappa shape index (κ1) is 9.89. The highest BCUT2D eigenvalue weighted by Gasteiger charge is 1.90. The number of hydrogen-bond acceptors (Lipinski definition) is 1. The molecular formula is C10H14O. The Morgan fingerprint density at radius 3 is 2.64 bits per heavy atom. The Bertz CT molecular complexity index is 175. The van der Waals surface area contributed by atoms with Crippen LogP contribution >= 0.6 is 0 Å². The van der Waals surface area contributed by atoms with Crippen LogP contribution in [0.4, 0.5) is 0 Å². The molecule has 1 nitrogen and oxygen atoms in total. The summed E-state index contributed by atoms with van der Waals surface area (Å²) < 4.78 is 0. The SMILES string of the molecule is C=CC=CC=CCC(=O)CC. The van der Waals surface area contributed by atoms with Gasteiger partial charge in [-0.05, 0) is 0 Å². The van der Waals surface area contributed by atoms with Crippen LogP contribution in [-0.2, 0) is 4.79 Å². The molecule has 0 unspecified atom stereocenters. The Labute approximate surface area is 68.1 Å². The molecule has 0 radical (unpaired) electrons. The van der Waals surface area contributed by atoms with E-state index in [9.17, 15) is 4.79 Å². The van der Waals surface area contributed by atoms with Gasteiger partial charge in [-0.2, -0.15) is 0 Å². The molecule has 0 saturated carbocycles. The number of carbonyl (C=O) groups excluding carboxylic acids is 1. The lowest BCUT2D eigenvalue weighted by atomic mass is 10.2. The third kappa shape index (κ3) is 6.78. The molecule has 0 amide bonds. The predicted molar refractivity (Wildman–Crippen MR) is 48.4 cm³/mol. The van der Waals surface area contributed by atoms with Crippen molar-refractivity contribution in [3.63, 3.8) is 0 Å². The first-order valence-electron chi connectivity index (χ1n) is 3.77. The Morgan fingerprint density at radius 1 is 1.36 bits per heavy atom. The number of carbonyl (C=O) groups is 1. The first-order chi connectivity index (χ1) is 5.31. The second-order valence-corrected chi connectivity index (χ2v) is 2.15. The lowest BCUT2D eigenvalue weighted by Crippen LogP contribution is -1.90. The average Bonchev–Trinajstić information content (AvgIpc) is 2.04. The van der Waals surface area contributed by atoms with Gasteiger partial charge in [0.25, 0.3) is 0 Å². The molecule has 0 aliphatic carbocycles. The van der Waals surface area contributed by atoms with Gasteiger partial charge in [0.1, 0.15) is 5.78 Å². The molecule has 0 atom stereocenters. The van der Waals surface area contributed by atoms with Crippen molar-refractivity contribution in [1.82, 2.24) is 0 Å². The van der Waals surface area contributed by atoms with Crippen molar-refractivity contribution in [2.24, 2.45) is 0 Å². The largest absolute Gasteiger partial charge is 0.299 e. The third-order valence-corrected chi connectivity index (χ3v) is 1.23. The second-order valence-electron chi connectivity index (χ2n) is 2.15. The van der Waals surface area contributed by atoms with Crippen LogP contribution in [0.3, 0.4) is 0 Å². The van der Waals surface area contributed by atoms with Crippen molar-refractivity contribution >= 4 is 5.78 Å². The molecule has 0 aliphatic rings. The van der Waals surface area contributed by atoms with E-state index in [2.05, 4.69) is 6.58 Å². The number of Topliss-reactive ketones (excluding diaryl/α,β-unsaturated/α-hetero) is 1. The van der Waals surface area contributed by atoms with E-state index >= 15 is 0 Å². The predicted octanol–water partition coefficient (Wildman–Crippen LogP) is 2.65. The summed E-state index contributed by atoms with van der Waals surface area (Å²) in [6.07, 6.45) is 10.3. The maximum atomic E-state index is 10.7. The van der Waals surface area contributed by atoms with Crippen LogP contribution in [0.25, 0.3) is 0 Å². The lowest BCUT2D eigenvalue weighted by molar-refractivity contribution is -0.117. The zero-order valence-electron chi connectivity index (χ0n) is 6.92. The van der Waals surface area contributed by atoms with E-state index < -0.39 is 0 Å². The number of allylic oxidation sites excluding steroid dienone is 5. The van der Waals surface area contributed by atoms with Crippen LogP contribution in [0.1, 0.15) is 19.8 Å². The monoisotopic (exact) mass is 150 g/mol. The van der Waals surface area contributed by atoms with Gasteiger partial charge in [0, 0.05) is 12.8 Å². The molecule has 0 spiro atoms.